The van der Waals surface area contributed by atoms with E-state index in [1.807, 2.05) is 0 Å². The molecule has 0 aliphatic rings. The number of rotatable bonds is 2. The molecule has 2 aromatic carbocycles. The van der Waals surface area contributed by atoms with Gasteiger partial charge < -0.3 is 14.8 Å². The van der Waals surface area contributed by atoms with Gasteiger partial charge in [0.2, 0.25) is 0 Å². The Labute approximate surface area is 93.8 Å². The highest BCUT2D eigenvalue weighted by Gasteiger charge is 2.06. The zero-order valence-corrected chi connectivity index (χ0v) is 9.42. The fourth-order valence-electron chi connectivity index (χ4n) is 1.39. The van der Waals surface area contributed by atoms with Crippen molar-refractivity contribution in [3.63, 3.8) is 0 Å². The quantitative estimate of drug-likeness (QED) is 0.776. The minimum Gasteiger partial charge on any atom is -0.508 e. The van der Waals surface area contributed by atoms with E-state index in [9.17, 15) is 4.57 Å². The van der Waals surface area contributed by atoms with Crippen LogP contribution in [0.4, 0.5) is 0 Å². The van der Waals surface area contributed by atoms with Gasteiger partial charge >= 0.3 is 0 Å². The Kier molecular flexibility index (Phi) is 2.97. The summed E-state index contributed by atoms with van der Waals surface area (Å²) < 4.78 is 12.1. The lowest BCUT2D eigenvalue weighted by Crippen LogP contribution is -2.05. The maximum absolute atomic E-state index is 12.1. The highest BCUT2D eigenvalue weighted by molar-refractivity contribution is 7.61. The highest BCUT2D eigenvalue weighted by atomic mass is 31.1. The van der Waals surface area contributed by atoms with Crippen LogP contribution in [0.5, 0.6) is 11.5 Å². The van der Waals surface area contributed by atoms with Crippen LogP contribution >= 0.6 is 7.80 Å². The van der Waals surface area contributed by atoms with Gasteiger partial charge in [-0.1, -0.05) is 0 Å². The minimum atomic E-state index is -2.05. The van der Waals surface area contributed by atoms with Crippen molar-refractivity contribution in [1.82, 2.24) is 0 Å². The first kappa shape index (κ1) is 10.8. The molecule has 4 heteroatoms. The Morgan fingerprint density at radius 3 is 1.31 bits per heavy atom. The molecule has 0 aliphatic heterocycles. The molecule has 0 aliphatic carbocycles. The second-order valence-corrected chi connectivity index (χ2v) is 5.24. The molecule has 3 nitrogen and oxygen atoms in total. The Morgan fingerprint density at radius 2 is 1.00 bits per heavy atom. The van der Waals surface area contributed by atoms with E-state index >= 15 is 0 Å². The molecule has 2 N–H and O–H groups in total. The van der Waals surface area contributed by atoms with Crippen LogP contribution in [0.25, 0.3) is 0 Å². The number of hydrogen-bond acceptors (Lipinski definition) is 3. The first-order valence-electron chi connectivity index (χ1n) is 4.79. The minimum absolute atomic E-state index is 0.157. The van der Waals surface area contributed by atoms with Crippen LogP contribution in [0.3, 0.4) is 0 Å². The van der Waals surface area contributed by atoms with E-state index < -0.39 is 7.80 Å². The van der Waals surface area contributed by atoms with Crippen LogP contribution in [0, 0.1) is 0 Å². The van der Waals surface area contributed by atoms with Crippen molar-refractivity contribution >= 4 is 18.4 Å². The van der Waals surface area contributed by atoms with E-state index in [0.717, 1.165) is 0 Å². The Bertz CT molecular complexity index is 455. The molecule has 16 heavy (non-hydrogen) atoms. The lowest BCUT2D eigenvalue weighted by Gasteiger charge is -2.03. The van der Waals surface area contributed by atoms with E-state index in [-0.39, 0.29) is 11.5 Å². The zero-order chi connectivity index (χ0) is 11.5. The highest BCUT2D eigenvalue weighted by Crippen LogP contribution is 2.21. The molecule has 0 amide bonds. The first-order chi connectivity index (χ1) is 7.66. The van der Waals surface area contributed by atoms with Crippen LogP contribution in [0.2, 0.25) is 0 Å². The van der Waals surface area contributed by atoms with Gasteiger partial charge in [0.15, 0.2) is 0 Å². The van der Waals surface area contributed by atoms with Crippen molar-refractivity contribution in [2.75, 3.05) is 0 Å². The molecule has 0 unspecified atom stereocenters. The fourth-order valence-corrected chi connectivity index (χ4v) is 2.66. The van der Waals surface area contributed by atoms with E-state index in [0.29, 0.717) is 10.6 Å². The van der Waals surface area contributed by atoms with Crippen LogP contribution in [0.1, 0.15) is 0 Å². The predicted octanol–water partition coefficient (Wildman–Crippen LogP) is 1.61. The van der Waals surface area contributed by atoms with Gasteiger partial charge in [-0.05, 0) is 48.5 Å². The molecule has 0 fully saturated rings. The third-order valence-electron chi connectivity index (χ3n) is 2.26. The van der Waals surface area contributed by atoms with Gasteiger partial charge in [0.05, 0.1) is 0 Å². The van der Waals surface area contributed by atoms with E-state index in [2.05, 4.69) is 0 Å². The maximum Gasteiger partial charge on any atom is 0.131 e. The van der Waals surface area contributed by atoms with Crippen LogP contribution in [-0.2, 0) is 4.57 Å². The summed E-state index contributed by atoms with van der Waals surface area (Å²) in [7, 11) is -2.05. The molecule has 0 heterocycles. The van der Waals surface area contributed by atoms with E-state index in [4.69, 9.17) is 10.2 Å². The van der Waals surface area contributed by atoms with Gasteiger partial charge in [0.25, 0.3) is 0 Å². The predicted molar refractivity (Wildman–Crippen MR) is 64.5 cm³/mol. The van der Waals surface area contributed by atoms with Gasteiger partial charge in [-0.3, -0.25) is 0 Å². The van der Waals surface area contributed by atoms with Crippen molar-refractivity contribution in [1.29, 1.82) is 0 Å². The van der Waals surface area contributed by atoms with Crippen molar-refractivity contribution in [3.05, 3.63) is 48.5 Å². The number of phenolic OH excluding ortho intramolecular Hbond substituents is 2. The normalized spacial score (nSPS) is 10.6. The molecule has 0 aromatic heterocycles. The molecule has 2 aromatic rings. The summed E-state index contributed by atoms with van der Waals surface area (Å²) in [6, 6.07) is 12.6. The standard InChI is InChI=1S/C12H11O3P/c13-9-1-5-11(6-2-9)16(15)12-7-3-10(14)4-8-12/h1-8,13-14,16H. The van der Waals surface area contributed by atoms with Gasteiger partial charge in [0, 0.05) is 10.6 Å². The summed E-state index contributed by atoms with van der Waals surface area (Å²) in [5.74, 6) is 0.313. The lowest BCUT2D eigenvalue weighted by atomic mass is 10.3. The summed E-state index contributed by atoms with van der Waals surface area (Å²) in [4.78, 5) is 0. The maximum atomic E-state index is 12.1. The molecule has 2 rings (SSSR count). The monoisotopic (exact) mass is 234 g/mol. The Morgan fingerprint density at radius 1 is 0.688 bits per heavy atom. The van der Waals surface area contributed by atoms with Crippen LogP contribution in [0.15, 0.2) is 48.5 Å². The third kappa shape index (κ3) is 2.26. The summed E-state index contributed by atoms with van der Waals surface area (Å²) in [6.07, 6.45) is 0. The number of phenols is 2. The van der Waals surface area contributed by atoms with Crippen molar-refractivity contribution in [2.24, 2.45) is 0 Å². The lowest BCUT2D eigenvalue weighted by molar-refractivity contribution is 0.475. The third-order valence-corrected chi connectivity index (χ3v) is 3.97. The van der Waals surface area contributed by atoms with Gasteiger partial charge in [-0.25, -0.2) is 0 Å². The summed E-state index contributed by atoms with van der Waals surface area (Å²) >= 11 is 0. The molecular weight excluding hydrogens is 223 g/mol. The second-order valence-electron chi connectivity index (χ2n) is 3.42. The van der Waals surface area contributed by atoms with Gasteiger partial charge in [-0.15, -0.1) is 0 Å². The SMILES string of the molecule is O=[PH](c1ccc(O)cc1)c1ccc(O)cc1. The van der Waals surface area contributed by atoms with Crippen molar-refractivity contribution < 1.29 is 14.8 Å². The molecule has 0 saturated carbocycles. The van der Waals surface area contributed by atoms with Gasteiger partial charge in [-0.2, -0.15) is 0 Å². The molecule has 0 bridgehead atoms. The number of aromatic hydroxyl groups is 2. The fraction of sp³-hybridized carbons (Fsp3) is 0. The molecule has 0 radical (unpaired) electrons. The van der Waals surface area contributed by atoms with Crippen molar-refractivity contribution in [2.45, 2.75) is 0 Å². The van der Waals surface area contributed by atoms with E-state index in [1.54, 1.807) is 24.3 Å². The largest absolute Gasteiger partial charge is 0.508 e. The molecule has 0 saturated heterocycles. The molecule has 0 atom stereocenters. The summed E-state index contributed by atoms with van der Waals surface area (Å²) in [5.41, 5.74) is 0. The molecule has 82 valence electrons. The van der Waals surface area contributed by atoms with Gasteiger partial charge in [0.1, 0.15) is 19.3 Å². The number of hydrogen-bond donors (Lipinski definition) is 2. The smallest absolute Gasteiger partial charge is 0.131 e. The van der Waals surface area contributed by atoms with Crippen LogP contribution < -0.4 is 10.6 Å². The Hall–Kier alpha value is -1.73. The van der Waals surface area contributed by atoms with E-state index in [1.165, 1.54) is 24.3 Å². The average Bonchev–Trinajstić information content (AvgIpc) is 2.30. The summed E-state index contributed by atoms with van der Waals surface area (Å²) in [6.45, 7) is 0. The molecule has 0 spiro atoms. The van der Waals surface area contributed by atoms with Crippen molar-refractivity contribution in [3.8, 4) is 11.5 Å². The topological polar surface area (TPSA) is 57.5 Å². The number of benzene rings is 2. The Balaban J connectivity index is 2.32. The first-order valence-corrected chi connectivity index (χ1v) is 6.20. The zero-order valence-electron chi connectivity index (χ0n) is 8.42. The average molecular weight is 234 g/mol. The van der Waals surface area contributed by atoms with Crippen LogP contribution in [-0.4, -0.2) is 10.2 Å². The summed E-state index contributed by atoms with van der Waals surface area (Å²) in [5, 5.41) is 19.6. The second kappa shape index (κ2) is 4.42. The molecular formula is C12H11O3P.